The highest BCUT2D eigenvalue weighted by atomic mass is 16.7. The molecule has 4 aliphatic rings. The summed E-state index contributed by atoms with van der Waals surface area (Å²) in [6.07, 6.45) is 0.511. The van der Waals surface area contributed by atoms with Crippen LogP contribution >= 0.6 is 0 Å². The van der Waals surface area contributed by atoms with Gasteiger partial charge in [0.15, 0.2) is 28.9 Å². The Morgan fingerprint density at radius 1 is 1.06 bits per heavy atom. The fourth-order valence-electron chi connectivity index (χ4n) is 5.39. The fraction of sp³-hybridized carbons (Fsp3) is 0.231. The van der Waals surface area contributed by atoms with Gasteiger partial charge in [0.25, 0.3) is 0 Å². The van der Waals surface area contributed by atoms with Crippen molar-refractivity contribution in [2.45, 2.75) is 36.4 Å². The van der Waals surface area contributed by atoms with Gasteiger partial charge in [-0.1, -0.05) is 47.9 Å². The van der Waals surface area contributed by atoms with E-state index in [4.69, 9.17) is 4.74 Å². The fourth-order valence-corrected chi connectivity index (χ4v) is 5.39. The highest BCUT2D eigenvalue weighted by molar-refractivity contribution is 6.31. The van der Waals surface area contributed by atoms with Crippen molar-refractivity contribution in [3.63, 3.8) is 0 Å². The number of hydrogen-bond donors (Lipinski definition) is 4. The number of ether oxygens (including phenoxy) is 1. The van der Waals surface area contributed by atoms with Crippen LogP contribution in [-0.4, -0.2) is 50.7 Å². The molecule has 0 spiro atoms. The first-order chi connectivity index (χ1) is 15.8. The number of anilines is 1. The summed E-state index contributed by atoms with van der Waals surface area (Å²) in [6, 6.07) is 6.88. The molecule has 0 radical (unpaired) electrons. The lowest BCUT2D eigenvalue weighted by Gasteiger charge is -2.37. The van der Waals surface area contributed by atoms with Gasteiger partial charge in [0.1, 0.15) is 11.8 Å². The van der Waals surface area contributed by atoms with Crippen LogP contribution in [-0.2, 0) is 10.3 Å². The number of aliphatic hydroxyl groups excluding tert-OH is 2. The maximum Gasteiger partial charge on any atom is 0.198 e. The Labute approximate surface area is 188 Å². The number of aliphatic hydroxyl groups is 2. The molecule has 2 bridgehead atoms. The number of carbonyl (C=O) groups excluding carboxylic acids is 2. The van der Waals surface area contributed by atoms with E-state index < -0.39 is 46.8 Å². The van der Waals surface area contributed by atoms with E-state index in [-0.39, 0.29) is 33.5 Å². The van der Waals surface area contributed by atoms with Crippen molar-refractivity contribution in [2.75, 3.05) is 5.32 Å². The summed E-state index contributed by atoms with van der Waals surface area (Å²) >= 11 is 0. The first-order valence-corrected chi connectivity index (χ1v) is 10.4. The standard InChI is InChI=1S/C26H17NO6/c1-13(28)25-18-10-4-2-3-5-11-19(30)26(25,33-25)16-12-17(29)20-21(22(16)27-18)24(32)15-9-7-6-8-14(15)23(20)31/h2-3,6-9,12-13,18-19,27-30H,1H3/t13-,18-,19+,25-,26-/m0/s1. The average molecular weight is 439 g/mol. The number of ketones is 2. The number of nitrogens with one attached hydrogen (secondary N) is 1. The summed E-state index contributed by atoms with van der Waals surface area (Å²) in [4.78, 5) is 26.8. The Hall–Kier alpha value is -3.88. The second kappa shape index (κ2) is 6.34. The van der Waals surface area contributed by atoms with Crippen molar-refractivity contribution in [3.05, 3.63) is 70.3 Å². The first-order valence-electron chi connectivity index (χ1n) is 10.4. The first kappa shape index (κ1) is 19.8. The molecule has 2 aromatic rings. The molecule has 5 atom stereocenters. The zero-order valence-corrected chi connectivity index (χ0v) is 17.3. The Morgan fingerprint density at radius 2 is 1.70 bits per heavy atom. The van der Waals surface area contributed by atoms with Gasteiger partial charge < -0.3 is 25.4 Å². The van der Waals surface area contributed by atoms with E-state index in [1.165, 1.54) is 25.1 Å². The molecule has 0 saturated carbocycles. The maximum atomic E-state index is 13.6. The van der Waals surface area contributed by atoms with E-state index in [2.05, 4.69) is 29.0 Å². The summed E-state index contributed by atoms with van der Waals surface area (Å²) in [5.74, 6) is 9.90. The van der Waals surface area contributed by atoms with E-state index in [0.29, 0.717) is 0 Å². The third kappa shape index (κ3) is 2.21. The van der Waals surface area contributed by atoms with Crippen LogP contribution in [0.25, 0.3) is 0 Å². The van der Waals surface area contributed by atoms with Crippen LogP contribution in [0, 0.1) is 23.7 Å². The average Bonchev–Trinajstić information content (AvgIpc) is 3.53. The molecule has 2 aliphatic heterocycles. The van der Waals surface area contributed by atoms with Crippen molar-refractivity contribution in [1.82, 2.24) is 0 Å². The van der Waals surface area contributed by atoms with Gasteiger partial charge in [-0.05, 0) is 25.1 Å². The van der Waals surface area contributed by atoms with Crippen LogP contribution in [0.15, 0.2) is 42.5 Å². The Balaban J connectivity index is 1.69. The monoisotopic (exact) mass is 439 g/mol. The van der Waals surface area contributed by atoms with Crippen molar-refractivity contribution in [3.8, 4) is 29.4 Å². The van der Waals surface area contributed by atoms with E-state index in [0.717, 1.165) is 0 Å². The van der Waals surface area contributed by atoms with Gasteiger partial charge in [0, 0.05) is 16.7 Å². The van der Waals surface area contributed by atoms with Crippen molar-refractivity contribution in [2.24, 2.45) is 0 Å². The minimum absolute atomic E-state index is 0.0117. The number of aromatic hydroxyl groups is 1. The largest absolute Gasteiger partial charge is 0.507 e. The smallest absolute Gasteiger partial charge is 0.198 e. The third-order valence-corrected chi connectivity index (χ3v) is 6.87. The van der Waals surface area contributed by atoms with Gasteiger partial charge >= 0.3 is 0 Å². The van der Waals surface area contributed by atoms with E-state index >= 15 is 0 Å². The quantitative estimate of drug-likeness (QED) is 0.256. The van der Waals surface area contributed by atoms with Crippen LogP contribution in [0.5, 0.6) is 5.75 Å². The van der Waals surface area contributed by atoms with Crippen LogP contribution in [0.3, 0.4) is 0 Å². The number of fused-ring (bicyclic) bond motifs is 4. The van der Waals surface area contributed by atoms with E-state index in [1.807, 2.05) is 0 Å². The highest BCUT2D eigenvalue weighted by Gasteiger charge is 2.82. The minimum Gasteiger partial charge on any atom is -0.507 e. The van der Waals surface area contributed by atoms with Gasteiger partial charge in [0.05, 0.1) is 22.9 Å². The van der Waals surface area contributed by atoms with Gasteiger partial charge in [-0.25, -0.2) is 0 Å². The number of rotatable bonds is 1. The van der Waals surface area contributed by atoms with Crippen LogP contribution in [0.1, 0.15) is 44.3 Å². The normalized spacial score (nSPS) is 30.6. The predicted molar refractivity (Wildman–Crippen MR) is 117 cm³/mol. The summed E-state index contributed by atoms with van der Waals surface area (Å²) in [6.45, 7) is 1.52. The molecule has 0 aromatic heterocycles. The number of epoxide rings is 1. The summed E-state index contributed by atoms with van der Waals surface area (Å²) in [7, 11) is 0. The molecule has 1 fully saturated rings. The van der Waals surface area contributed by atoms with Gasteiger partial charge in [-0.2, -0.15) is 0 Å². The number of carbonyl (C=O) groups is 2. The number of allylic oxidation sites excluding steroid dienone is 2. The molecule has 0 unspecified atom stereocenters. The van der Waals surface area contributed by atoms with E-state index in [1.54, 1.807) is 24.3 Å². The van der Waals surface area contributed by atoms with Crippen molar-refractivity contribution < 1.29 is 29.6 Å². The van der Waals surface area contributed by atoms with Crippen LogP contribution in [0.4, 0.5) is 5.69 Å². The molecule has 0 amide bonds. The molecule has 4 N–H and O–H groups in total. The Bertz CT molecular complexity index is 1450. The molecule has 162 valence electrons. The maximum absolute atomic E-state index is 13.6. The van der Waals surface area contributed by atoms with Crippen LogP contribution in [0.2, 0.25) is 0 Å². The van der Waals surface area contributed by atoms with Gasteiger partial charge in [-0.15, -0.1) is 0 Å². The molecular formula is C26H17NO6. The lowest BCUT2D eigenvalue weighted by atomic mass is 9.69. The molecule has 7 nitrogen and oxygen atoms in total. The number of hydrogen-bond acceptors (Lipinski definition) is 7. The van der Waals surface area contributed by atoms with E-state index in [9.17, 15) is 24.9 Å². The molecule has 7 heteroatoms. The third-order valence-electron chi connectivity index (χ3n) is 6.87. The Morgan fingerprint density at radius 3 is 2.36 bits per heavy atom. The Kier molecular flexibility index (Phi) is 3.80. The topological polar surface area (TPSA) is 119 Å². The highest BCUT2D eigenvalue weighted by Crippen LogP contribution is 2.67. The number of phenolic OH excluding ortho intramolecular Hbond substituents is 1. The minimum atomic E-state index is -1.56. The second-order valence-electron chi connectivity index (χ2n) is 8.47. The van der Waals surface area contributed by atoms with Crippen molar-refractivity contribution >= 4 is 17.3 Å². The van der Waals surface area contributed by atoms with Crippen LogP contribution < -0.4 is 5.32 Å². The summed E-state index contributed by atoms with van der Waals surface area (Å²) in [5, 5.41) is 36.0. The summed E-state index contributed by atoms with van der Waals surface area (Å²) in [5.41, 5.74) is -2.18. The molecule has 1 saturated heterocycles. The second-order valence-corrected chi connectivity index (χ2v) is 8.47. The molecule has 2 heterocycles. The number of phenols is 1. The summed E-state index contributed by atoms with van der Waals surface area (Å²) < 4.78 is 6.12. The molecular weight excluding hydrogens is 422 g/mol. The predicted octanol–water partition coefficient (Wildman–Crippen LogP) is 1.24. The lowest BCUT2D eigenvalue weighted by Crippen LogP contribution is -2.54. The van der Waals surface area contributed by atoms with Gasteiger partial charge in [0.2, 0.25) is 0 Å². The SMILES string of the molecule is C[C@H](O)[C@@]12O[C@]13c1cc(O)c4c(c1N[C@H]2C#CC=CC#C[C@H]3O)C(=O)c1ccccc1C4=O. The molecule has 2 aliphatic carbocycles. The zero-order valence-electron chi connectivity index (χ0n) is 17.3. The number of benzene rings is 2. The molecule has 2 aromatic carbocycles. The molecule has 6 rings (SSSR count). The molecule has 33 heavy (non-hydrogen) atoms. The lowest BCUT2D eigenvalue weighted by molar-refractivity contribution is 0.0867. The zero-order chi connectivity index (χ0) is 23.1. The van der Waals surface area contributed by atoms with Crippen molar-refractivity contribution in [1.29, 1.82) is 0 Å². The van der Waals surface area contributed by atoms with Gasteiger partial charge in [-0.3, -0.25) is 9.59 Å².